The predicted octanol–water partition coefficient (Wildman–Crippen LogP) is 4.12. The molecule has 0 fully saturated rings. The minimum atomic E-state index is 0.536. The summed E-state index contributed by atoms with van der Waals surface area (Å²) in [6, 6.07) is 13.9. The third-order valence-corrected chi connectivity index (χ3v) is 4.18. The Bertz CT molecular complexity index is 919. The summed E-state index contributed by atoms with van der Waals surface area (Å²) in [7, 11) is 4.03. The molecule has 0 bridgehead atoms. The zero-order valence-corrected chi connectivity index (χ0v) is 15.6. The van der Waals surface area contributed by atoms with Gasteiger partial charge in [0.25, 0.3) is 0 Å². The van der Waals surface area contributed by atoms with Crippen LogP contribution in [0.25, 0.3) is 11.0 Å². The van der Waals surface area contributed by atoms with Gasteiger partial charge in [-0.1, -0.05) is 0 Å². The number of hydrogen-bond acceptors (Lipinski definition) is 4. The van der Waals surface area contributed by atoms with Crippen molar-refractivity contribution in [3.05, 3.63) is 53.9 Å². The number of nitrogens with zero attached hydrogens (tertiary/aromatic N) is 3. The van der Waals surface area contributed by atoms with E-state index < -0.39 is 0 Å². The molecule has 0 saturated heterocycles. The number of aromatic nitrogens is 2. The number of hydrogen-bond donors (Lipinski definition) is 2. The van der Waals surface area contributed by atoms with Crippen LogP contribution in [0.1, 0.15) is 11.4 Å². The lowest BCUT2D eigenvalue weighted by Crippen LogP contribution is -2.19. The molecule has 1 heterocycles. The first-order valence-electron chi connectivity index (χ1n) is 8.03. The van der Waals surface area contributed by atoms with Crippen molar-refractivity contribution in [1.82, 2.24) is 9.97 Å². The SMILES string of the molecule is Cc1nc2ccc(NC(=S)Nc3ccc(N(C)C)cc3)cc2nc1C. The number of nitrogens with one attached hydrogen (secondary N) is 2. The first-order valence-corrected chi connectivity index (χ1v) is 8.43. The quantitative estimate of drug-likeness (QED) is 0.692. The molecule has 0 aliphatic carbocycles. The lowest BCUT2D eigenvalue weighted by atomic mass is 10.2. The molecule has 0 spiro atoms. The van der Waals surface area contributed by atoms with Gasteiger partial charge in [-0.15, -0.1) is 0 Å². The van der Waals surface area contributed by atoms with Crippen molar-refractivity contribution in [2.75, 3.05) is 29.6 Å². The van der Waals surface area contributed by atoms with Crippen LogP contribution in [0.4, 0.5) is 17.1 Å². The second-order valence-corrected chi connectivity index (χ2v) is 6.53. The van der Waals surface area contributed by atoms with Crippen LogP contribution in [0.3, 0.4) is 0 Å². The summed E-state index contributed by atoms with van der Waals surface area (Å²) in [4.78, 5) is 11.2. The van der Waals surface area contributed by atoms with E-state index in [1.165, 1.54) is 0 Å². The first-order chi connectivity index (χ1) is 11.9. The molecule has 2 aromatic carbocycles. The normalized spacial score (nSPS) is 10.6. The lowest BCUT2D eigenvalue weighted by molar-refractivity contribution is 1.10. The fraction of sp³-hybridized carbons (Fsp3) is 0.211. The number of fused-ring (bicyclic) bond motifs is 1. The van der Waals surface area contributed by atoms with E-state index in [9.17, 15) is 0 Å². The highest BCUT2D eigenvalue weighted by Crippen LogP contribution is 2.19. The molecule has 2 N–H and O–H groups in total. The Balaban J connectivity index is 1.72. The second-order valence-electron chi connectivity index (χ2n) is 6.12. The summed E-state index contributed by atoms with van der Waals surface area (Å²) in [5.41, 5.74) is 6.58. The molecule has 3 rings (SSSR count). The topological polar surface area (TPSA) is 53.1 Å². The van der Waals surface area contributed by atoms with Crippen LogP contribution in [0, 0.1) is 13.8 Å². The van der Waals surface area contributed by atoms with Crippen LogP contribution in [0.2, 0.25) is 0 Å². The van der Waals surface area contributed by atoms with Crippen molar-refractivity contribution >= 4 is 45.4 Å². The molecule has 0 atom stereocenters. The van der Waals surface area contributed by atoms with Gasteiger partial charge in [0, 0.05) is 31.2 Å². The molecule has 0 radical (unpaired) electrons. The zero-order valence-electron chi connectivity index (χ0n) is 14.8. The van der Waals surface area contributed by atoms with Gasteiger partial charge >= 0.3 is 0 Å². The van der Waals surface area contributed by atoms with E-state index in [0.29, 0.717) is 5.11 Å². The molecule has 0 saturated carbocycles. The summed E-state index contributed by atoms with van der Waals surface area (Å²) in [6.45, 7) is 3.93. The van der Waals surface area contributed by atoms with Gasteiger partial charge in [0.1, 0.15) is 0 Å². The maximum Gasteiger partial charge on any atom is 0.175 e. The van der Waals surface area contributed by atoms with E-state index in [2.05, 4.69) is 25.5 Å². The van der Waals surface area contributed by atoms with Gasteiger partial charge in [0.2, 0.25) is 0 Å². The highest BCUT2D eigenvalue weighted by Gasteiger charge is 2.05. The minimum Gasteiger partial charge on any atom is -0.378 e. The third-order valence-electron chi connectivity index (χ3n) is 3.97. The molecule has 0 aliphatic rings. The number of benzene rings is 2. The Labute approximate surface area is 153 Å². The van der Waals surface area contributed by atoms with Crippen molar-refractivity contribution < 1.29 is 0 Å². The second kappa shape index (κ2) is 7.03. The first kappa shape index (κ1) is 17.1. The van der Waals surface area contributed by atoms with Crippen LogP contribution in [-0.2, 0) is 0 Å². The van der Waals surface area contributed by atoms with E-state index >= 15 is 0 Å². The summed E-state index contributed by atoms with van der Waals surface area (Å²) in [6.07, 6.45) is 0. The summed E-state index contributed by atoms with van der Waals surface area (Å²) < 4.78 is 0. The van der Waals surface area contributed by atoms with Gasteiger partial charge < -0.3 is 15.5 Å². The van der Waals surface area contributed by atoms with Crippen LogP contribution >= 0.6 is 12.2 Å². The molecule has 128 valence electrons. The molecule has 0 amide bonds. The maximum absolute atomic E-state index is 5.40. The number of thiocarbonyl (C=S) groups is 1. The summed E-state index contributed by atoms with van der Waals surface area (Å²) in [5.74, 6) is 0. The Morgan fingerprint density at radius 2 is 1.40 bits per heavy atom. The average molecular weight is 351 g/mol. The fourth-order valence-corrected chi connectivity index (χ4v) is 2.68. The van der Waals surface area contributed by atoms with Gasteiger partial charge in [0.05, 0.1) is 22.4 Å². The van der Waals surface area contributed by atoms with Crippen LogP contribution < -0.4 is 15.5 Å². The third kappa shape index (κ3) is 4.03. The number of aryl methyl sites for hydroxylation is 2. The Morgan fingerprint density at radius 1 is 0.840 bits per heavy atom. The van der Waals surface area contributed by atoms with Crippen molar-refractivity contribution in [2.24, 2.45) is 0 Å². The monoisotopic (exact) mass is 351 g/mol. The van der Waals surface area contributed by atoms with Gasteiger partial charge in [0.15, 0.2) is 5.11 Å². The van der Waals surface area contributed by atoms with E-state index in [0.717, 1.165) is 39.5 Å². The minimum absolute atomic E-state index is 0.536. The average Bonchev–Trinajstić information content (AvgIpc) is 2.56. The largest absolute Gasteiger partial charge is 0.378 e. The number of anilines is 3. The van der Waals surface area contributed by atoms with Crippen LogP contribution in [0.15, 0.2) is 42.5 Å². The van der Waals surface area contributed by atoms with Crippen molar-refractivity contribution in [3.63, 3.8) is 0 Å². The highest BCUT2D eigenvalue weighted by molar-refractivity contribution is 7.80. The standard InChI is InChI=1S/C19H21N5S/c1-12-13(2)21-18-11-15(7-10-17(18)20-12)23-19(25)22-14-5-8-16(9-6-14)24(3)4/h5-11H,1-4H3,(H2,22,23,25). The van der Waals surface area contributed by atoms with Gasteiger partial charge in [-0.05, 0) is 68.5 Å². The van der Waals surface area contributed by atoms with Crippen LogP contribution in [0.5, 0.6) is 0 Å². The molecule has 5 nitrogen and oxygen atoms in total. The van der Waals surface area contributed by atoms with Crippen molar-refractivity contribution in [2.45, 2.75) is 13.8 Å². The lowest BCUT2D eigenvalue weighted by Gasteiger charge is -2.14. The zero-order chi connectivity index (χ0) is 18.0. The van der Waals surface area contributed by atoms with Gasteiger partial charge in [-0.25, -0.2) is 9.97 Å². The smallest absolute Gasteiger partial charge is 0.175 e. The van der Waals surface area contributed by atoms with E-state index in [1.807, 2.05) is 70.4 Å². The van der Waals surface area contributed by atoms with Crippen LogP contribution in [-0.4, -0.2) is 29.2 Å². The molecular formula is C19H21N5S. The van der Waals surface area contributed by atoms with E-state index in [1.54, 1.807) is 0 Å². The van der Waals surface area contributed by atoms with Gasteiger partial charge in [-0.2, -0.15) is 0 Å². The number of rotatable bonds is 3. The predicted molar refractivity (Wildman–Crippen MR) is 110 cm³/mol. The van der Waals surface area contributed by atoms with Crippen molar-refractivity contribution in [1.29, 1.82) is 0 Å². The Kier molecular flexibility index (Phi) is 4.81. The maximum atomic E-state index is 5.40. The molecule has 0 aliphatic heterocycles. The van der Waals surface area contributed by atoms with Gasteiger partial charge in [-0.3, -0.25) is 0 Å². The Morgan fingerprint density at radius 3 is 2.04 bits per heavy atom. The summed E-state index contributed by atoms with van der Waals surface area (Å²) in [5, 5.41) is 6.92. The van der Waals surface area contributed by atoms with E-state index in [4.69, 9.17) is 12.2 Å². The fourth-order valence-electron chi connectivity index (χ4n) is 2.44. The van der Waals surface area contributed by atoms with E-state index in [-0.39, 0.29) is 0 Å². The molecule has 3 aromatic rings. The molecule has 0 unspecified atom stereocenters. The molecule has 1 aromatic heterocycles. The highest BCUT2D eigenvalue weighted by atomic mass is 32.1. The Hall–Kier alpha value is -2.73. The van der Waals surface area contributed by atoms with Crippen molar-refractivity contribution in [3.8, 4) is 0 Å². The molecular weight excluding hydrogens is 330 g/mol. The molecule has 25 heavy (non-hydrogen) atoms. The molecule has 6 heteroatoms. The summed E-state index contributed by atoms with van der Waals surface area (Å²) >= 11 is 5.40.